The van der Waals surface area contributed by atoms with Crippen molar-refractivity contribution in [2.75, 3.05) is 6.54 Å². The molecule has 4 nitrogen and oxygen atoms in total. The Morgan fingerprint density at radius 3 is 2.58 bits per heavy atom. The standard InChI is InChI=1S/C15H28N2O2/c1-15(2,3)19-14(18)17-9-5-8-13(17)11-6-4-7-12(16)10-11/h11-13H,4-10,16H2,1-3H3/t11-,12+,13-/m1/s1. The van der Waals surface area contributed by atoms with Crippen molar-refractivity contribution in [3.63, 3.8) is 0 Å². The number of amides is 1. The Hall–Kier alpha value is -0.770. The summed E-state index contributed by atoms with van der Waals surface area (Å²) in [7, 11) is 0. The summed E-state index contributed by atoms with van der Waals surface area (Å²) in [4.78, 5) is 14.2. The average molecular weight is 268 g/mol. The van der Waals surface area contributed by atoms with Crippen LogP contribution in [0.5, 0.6) is 0 Å². The number of ether oxygens (including phenoxy) is 1. The highest BCUT2D eigenvalue weighted by Gasteiger charge is 2.38. The van der Waals surface area contributed by atoms with Crippen LogP contribution >= 0.6 is 0 Å². The van der Waals surface area contributed by atoms with E-state index in [-0.39, 0.29) is 6.09 Å². The van der Waals surface area contributed by atoms with Gasteiger partial charge in [-0.05, 0) is 58.8 Å². The monoisotopic (exact) mass is 268 g/mol. The molecular formula is C15H28N2O2. The Morgan fingerprint density at radius 2 is 1.95 bits per heavy atom. The lowest BCUT2D eigenvalue weighted by molar-refractivity contribution is 0.0152. The molecule has 2 fully saturated rings. The van der Waals surface area contributed by atoms with E-state index < -0.39 is 5.60 Å². The summed E-state index contributed by atoms with van der Waals surface area (Å²) in [5.74, 6) is 0.568. The predicted molar refractivity (Wildman–Crippen MR) is 75.9 cm³/mol. The second-order valence-corrected chi connectivity index (χ2v) is 7.07. The van der Waals surface area contributed by atoms with Crippen LogP contribution in [-0.4, -0.2) is 35.2 Å². The lowest BCUT2D eigenvalue weighted by Gasteiger charge is -2.36. The predicted octanol–water partition coefficient (Wildman–Crippen LogP) is 2.90. The van der Waals surface area contributed by atoms with Gasteiger partial charge in [-0.25, -0.2) is 4.79 Å². The fraction of sp³-hybridized carbons (Fsp3) is 0.933. The quantitative estimate of drug-likeness (QED) is 0.795. The molecule has 2 aliphatic rings. The molecule has 0 aromatic rings. The van der Waals surface area contributed by atoms with Crippen LogP contribution in [0.1, 0.15) is 59.3 Å². The van der Waals surface area contributed by atoms with E-state index in [1.54, 1.807) is 0 Å². The first-order valence-electron chi connectivity index (χ1n) is 7.62. The normalized spacial score (nSPS) is 32.4. The Kier molecular flexibility index (Phi) is 4.39. The molecule has 1 amide bonds. The fourth-order valence-corrected chi connectivity index (χ4v) is 3.45. The zero-order valence-corrected chi connectivity index (χ0v) is 12.5. The van der Waals surface area contributed by atoms with E-state index in [4.69, 9.17) is 10.5 Å². The molecule has 0 spiro atoms. The number of nitrogens with zero attached hydrogens (tertiary/aromatic N) is 1. The minimum Gasteiger partial charge on any atom is -0.444 e. The van der Waals surface area contributed by atoms with Crippen LogP contribution in [0.25, 0.3) is 0 Å². The molecule has 19 heavy (non-hydrogen) atoms. The van der Waals surface area contributed by atoms with Crippen molar-refractivity contribution in [3.8, 4) is 0 Å². The Balaban J connectivity index is 1.98. The van der Waals surface area contributed by atoms with Crippen LogP contribution in [-0.2, 0) is 4.74 Å². The highest BCUT2D eigenvalue weighted by atomic mass is 16.6. The van der Waals surface area contributed by atoms with Crippen molar-refractivity contribution in [2.24, 2.45) is 11.7 Å². The molecule has 0 aromatic carbocycles. The minimum atomic E-state index is -0.410. The Morgan fingerprint density at radius 1 is 1.21 bits per heavy atom. The molecule has 1 saturated carbocycles. The summed E-state index contributed by atoms with van der Waals surface area (Å²) >= 11 is 0. The number of carbonyl (C=O) groups is 1. The zero-order chi connectivity index (χ0) is 14.0. The molecule has 1 heterocycles. The summed E-state index contributed by atoms with van der Waals surface area (Å²) in [6.07, 6.45) is 6.66. The topological polar surface area (TPSA) is 55.6 Å². The molecule has 0 unspecified atom stereocenters. The third kappa shape index (κ3) is 3.85. The second-order valence-electron chi connectivity index (χ2n) is 7.07. The van der Waals surface area contributed by atoms with Crippen LogP contribution in [0.4, 0.5) is 4.79 Å². The van der Waals surface area contributed by atoms with Gasteiger partial charge in [-0.15, -0.1) is 0 Å². The molecule has 4 heteroatoms. The molecule has 1 aliphatic heterocycles. The number of hydrogen-bond donors (Lipinski definition) is 1. The smallest absolute Gasteiger partial charge is 0.410 e. The Bertz CT molecular complexity index is 325. The first-order chi connectivity index (χ1) is 8.87. The molecule has 2 N–H and O–H groups in total. The van der Waals surface area contributed by atoms with Gasteiger partial charge in [-0.3, -0.25) is 0 Å². The molecule has 110 valence electrons. The van der Waals surface area contributed by atoms with Gasteiger partial charge in [0.15, 0.2) is 0 Å². The van der Waals surface area contributed by atoms with Gasteiger partial charge in [-0.2, -0.15) is 0 Å². The average Bonchev–Trinajstić information content (AvgIpc) is 2.75. The molecule has 0 aromatic heterocycles. The number of nitrogens with two attached hydrogens (primary N) is 1. The highest BCUT2D eigenvalue weighted by Crippen LogP contribution is 2.34. The number of likely N-dealkylation sites (tertiary alicyclic amines) is 1. The van der Waals surface area contributed by atoms with Crippen LogP contribution < -0.4 is 5.73 Å². The molecule has 3 atom stereocenters. The molecule has 1 saturated heterocycles. The van der Waals surface area contributed by atoms with Crippen molar-refractivity contribution < 1.29 is 9.53 Å². The summed E-state index contributed by atoms with van der Waals surface area (Å²) in [5.41, 5.74) is 5.67. The van der Waals surface area contributed by atoms with Gasteiger partial charge in [0.2, 0.25) is 0 Å². The van der Waals surface area contributed by atoms with Crippen molar-refractivity contribution in [1.82, 2.24) is 4.90 Å². The van der Waals surface area contributed by atoms with Gasteiger partial charge < -0.3 is 15.4 Å². The van der Waals surface area contributed by atoms with Gasteiger partial charge in [0, 0.05) is 18.6 Å². The third-order valence-electron chi connectivity index (χ3n) is 4.23. The van der Waals surface area contributed by atoms with Crippen molar-refractivity contribution in [2.45, 2.75) is 77.0 Å². The van der Waals surface area contributed by atoms with Crippen LogP contribution in [0.15, 0.2) is 0 Å². The van der Waals surface area contributed by atoms with Gasteiger partial charge >= 0.3 is 6.09 Å². The van der Waals surface area contributed by atoms with E-state index in [9.17, 15) is 4.79 Å². The van der Waals surface area contributed by atoms with E-state index in [0.29, 0.717) is 18.0 Å². The summed E-state index contributed by atoms with van der Waals surface area (Å²) in [6.45, 7) is 6.61. The molecule has 0 bridgehead atoms. The largest absolute Gasteiger partial charge is 0.444 e. The van der Waals surface area contributed by atoms with Gasteiger partial charge in [0.25, 0.3) is 0 Å². The first kappa shape index (κ1) is 14.6. The molecule has 1 aliphatic carbocycles. The lowest BCUT2D eigenvalue weighted by Crippen LogP contribution is -2.45. The maximum atomic E-state index is 12.3. The van der Waals surface area contributed by atoms with E-state index in [1.807, 2.05) is 25.7 Å². The van der Waals surface area contributed by atoms with Crippen LogP contribution in [0.3, 0.4) is 0 Å². The van der Waals surface area contributed by atoms with Gasteiger partial charge in [0.05, 0.1) is 0 Å². The summed E-state index contributed by atoms with van der Waals surface area (Å²) < 4.78 is 5.53. The number of hydrogen-bond acceptors (Lipinski definition) is 3. The van der Waals surface area contributed by atoms with E-state index in [1.165, 1.54) is 12.8 Å². The SMILES string of the molecule is CC(C)(C)OC(=O)N1CCC[C@@H]1[C@@H]1CCC[C@H](N)C1. The van der Waals surface area contributed by atoms with Gasteiger partial charge in [0.1, 0.15) is 5.60 Å². The highest BCUT2D eigenvalue weighted by molar-refractivity contribution is 5.69. The zero-order valence-electron chi connectivity index (χ0n) is 12.5. The second kappa shape index (κ2) is 5.70. The lowest BCUT2D eigenvalue weighted by atomic mass is 9.80. The first-order valence-corrected chi connectivity index (χ1v) is 7.62. The summed E-state index contributed by atoms with van der Waals surface area (Å²) in [5, 5.41) is 0. The van der Waals surface area contributed by atoms with Crippen LogP contribution in [0, 0.1) is 5.92 Å². The van der Waals surface area contributed by atoms with Crippen molar-refractivity contribution >= 4 is 6.09 Å². The van der Waals surface area contributed by atoms with E-state index in [2.05, 4.69) is 0 Å². The third-order valence-corrected chi connectivity index (χ3v) is 4.23. The summed E-state index contributed by atoms with van der Waals surface area (Å²) in [6, 6.07) is 0.668. The number of rotatable bonds is 1. The molecular weight excluding hydrogens is 240 g/mol. The molecule has 2 rings (SSSR count). The maximum Gasteiger partial charge on any atom is 0.410 e. The molecule has 0 radical (unpaired) electrons. The minimum absolute atomic E-state index is 0.144. The van der Waals surface area contributed by atoms with E-state index >= 15 is 0 Å². The van der Waals surface area contributed by atoms with E-state index in [0.717, 1.165) is 32.2 Å². The van der Waals surface area contributed by atoms with Gasteiger partial charge in [-0.1, -0.05) is 6.42 Å². The van der Waals surface area contributed by atoms with Crippen molar-refractivity contribution in [1.29, 1.82) is 0 Å². The van der Waals surface area contributed by atoms with Crippen molar-refractivity contribution in [3.05, 3.63) is 0 Å². The Labute approximate surface area is 116 Å². The van der Waals surface area contributed by atoms with Crippen LogP contribution in [0.2, 0.25) is 0 Å². The maximum absolute atomic E-state index is 12.3. The fourth-order valence-electron chi connectivity index (χ4n) is 3.45. The number of carbonyl (C=O) groups excluding carboxylic acids is 1.